The third kappa shape index (κ3) is 4.43. The molecule has 0 spiro atoms. The van der Waals surface area contributed by atoms with E-state index in [1.165, 1.54) is 37.4 Å². The van der Waals surface area contributed by atoms with Crippen LogP contribution in [0.25, 0.3) is 10.9 Å². The molecule has 2 aromatic rings. The molecule has 2 saturated carbocycles. The molecule has 2 aliphatic carbocycles. The van der Waals surface area contributed by atoms with Gasteiger partial charge in [0.25, 0.3) is 5.56 Å². The summed E-state index contributed by atoms with van der Waals surface area (Å²) in [5.74, 6) is 0.367. The highest BCUT2D eigenvalue weighted by Crippen LogP contribution is 2.32. The maximum absolute atomic E-state index is 13.1. The van der Waals surface area contributed by atoms with Crippen molar-refractivity contribution in [3.05, 3.63) is 34.6 Å². The highest BCUT2D eigenvalue weighted by molar-refractivity contribution is 7.99. The van der Waals surface area contributed by atoms with Crippen molar-refractivity contribution >= 4 is 28.6 Å². The fourth-order valence-electron chi connectivity index (χ4n) is 4.53. The second kappa shape index (κ2) is 9.12. The van der Waals surface area contributed by atoms with E-state index < -0.39 is 0 Å². The summed E-state index contributed by atoms with van der Waals surface area (Å²) in [6.07, 6.45) is 11.4. The molecule has 1 aromatic heterocycles. The van der Waals surface area contributed by atoms with Crippen LogP contribution < -0.4 is 10.9 Å². The Kier molecular flexibility index (Phi) is 6.35. The number of carbonyl (C=O) groups is 1. The van der Waals surface area contributed by atoms with Crippen molar-refractivity contribution in [2.75, 3.05) is 5.75 Å². The van der Waals surface area contributed by atoms with Gasteiger partial charge in [0.15, 0.2) is 5.16 Å². The SMILES string of the molecule is O=C(CSc1nc2ccccc2c(=O)n1C1CCCC1)NC1CCCCCC1. The Morgan fingerprint density at radius 1 is 1.04 bits per heavy atom. The number of benzene rings is 1. The number of fused-ring (bicyclic) bond motifs is 1. The largest absolute Gasteiger partial charge is 0.353 e. The minimum Gasteiger partial charge on any atom is -0.353 e. The van der Waals surface area contributed by atoms with E-state index in [0.29, 0.717) is 27.9 Å². The molecular formula is C22H29N3O2S. The van der Waals surface area contributed by atoms with Gasteiger partial charge in [0.2, 0.25) is 5.91 Å². The number of hydrogen-bond donors (Lipinski definition) is 1. The smallest absolute Gasteiger partial charge is 0.262 e. The van der Waals surface area contributed by atoms with Crippen LogP contribution in [0.3, 0.4) is 0 Å². The van der Waals surface area contributed by atoms with Crippen LogP contribution in [0.4, 0.5) is 0 Å². The lowest BCUT2D eigenvalue weighted by molar-refractivity contribution is -0.119. The van der Waals surface area contributed by atoms with E-state index in [4.69, 9.17) is 4.98 Å². The fraction of sp³-hybridized carbons (Fsp3) is 0.591. The summed E-state index contributed by atoms with van der Waals surface area (Å²) in [5.41, 5.74) is 0.748. The third-order valence-electron chi connectivity index (χ3n) is 6.02. The lowest BCUT2D eigenvalue weighted by atomic mass is 10.1. The number of thioether (sulfide) groups is 1. The molecule has 6 heteroatoms. The summed E-state index contributed by atoms with van der Waals surface area (Å²) >= 11 is 1.40. The van der Waals surface area contributed by atoms with Crippen LogP contribution in [0.15, 0.2) is 34.2 Å². The van der Waals surface area contributed by atoms with E-state index in [1.807, 2.05) is 28.8 Å². The van der Waals surface area contributed by atoms with E-state index in [1.54, 1.807) is 0 Å². The maximum atomic E-state index is 13.1. The number of para-hydroxylation sites is 1. The van der Waals surface area contributed by atoms with Crippen LogP contribution >= 0.6 is 11.8 Å². The fourth-order valence-corrected chi connectivity index (χ4v) is 5.41. The summed E-state index contributed by atoms with van der Waals surface area (Å²) in [6, 6.07) is 8.03. The van der Waals surface area contributed by atoms with E-state index in [9.17, 15) is 9.59 Å². The van der Waals surface area contributed by atoms with Crippen molar-refractivity contribution in [3.8, 4) is 0 Å². The number of hydrogen-bond acceptors (Lipinski definition) is 4. The summed E-state index contributed by atoms with van der Waals surface area (Å²) in [4.78, 5) is 30.4. The molecule has 0 bridgehead atoms. The first-order valence-electron chi connectivity index (χ1n) is 10.7. The summed E-state index contributed by atoms with van der Waals surface area (Å²) < 4.78 is 1.86. The number of nitrogens with zero attached hydrogens (tertiary/aromatic N) is 2. The van der Waals surface area contributed by atoms with Crippen LogP contribution in [-0.4, -0.2) is 27.3 Å². The number of rotatable bonds is 5. The Morgan fingerprint density at radius 2 is 1.71 bits per heavy atom. The van der Waals surface area contributed by atoms with Gasteiger partial charge in [-0.05, 0) is 37.8 Å². The zero-order valence-corrected chi connectivity index (χ0v) is 17.2. The Bertz CT molecular complexity index is 881. The number of carbonyl (C=O) groups excluding carboxylic acids is 1. The van der Waals surface area contributed by atoms with Crippen molar-refractivity contribution in [2.45, 2.75) is 81.4 Å². The molecule has 0 atom stereocenters. The Hall–Kier alpha value is -1.82. The molecular weight excluding hydrogens is 370 g/mol. The van der Waals surface area contributed by atoms with E-state index in [0.717, 1.165) is 38.5 Å². The van der Waals surface area contributed by atoms with Crippen molar-refractivity contribution < 1.29 is 4.79 Å². The van der Waals surface area contributed by atoms with Crippen LogP contribution in [-0.2, 0) is 4.79 Å². The minimum atomic E-state index is 0.0316. The molecule has 0 saturated heterocycles. The summed E-state index contributed by atoms with van der Waals surface area (Å²) in [7, 11) is 0. The van der Waals surface area contributed by atoms with Crippen LogP contribution in [0.2, 0.25) is 0 Å². The summed E-state index contributed by atoms with van der Waals surface area (Å²) in [6.45, 7) is 0. The Morgan fingerprint density at radius 3 is 2.46 bits per heavy atom. The molecule has 2 fully saturated rings. The molecule has 0 unspecified atom stereocenters. The highest BCUT2D eigenvalue weighted by Gasteiger charge is 2.23. The topological polar surface area (TPSA) is 64.0 Å². The van der Waals surface area contributed by atoms with E-state index in [2.05, 4.69) is 5.32 Å². The van der Waals surface area contributed by atoms with Gasteiger partial charge in [-0.2, -0.15) is 0 Å². The standard InChI is InChI=1S/C22H29N3O2S/c26-20(23-16-9-3-1-2-4-10-16)15-28-22-24-19-14-8-7-13-18(19)21(27)25(22)17-11-5-6-12-17/h7-8,13-14,16-17H,1-6,9-12,15H2,(H,23,26). The molecule has 4 rings (SSSR count). The lowest BCUT2D eigenvalue weighted by Crippen LogP contribution is -2.36. The van der Waals surface area contributed by atoms with Crippen molar-refractivity contribution in [1.29, 1.82) is 0 Å². The average Bonchev–Trinajstić information content (AvgIpc) is 3.11. The van der Waals surface area contributed by atoms with Gasteiger partial charge in [-0.15, -0.1) is 0 Å². The van der Waals surface area contributed by atoms with Gasteiger partial charge in [-0.1, -0.05) is 62.4 Å². The monoisotopic (exact) mass is 399 g/mol. The molecule has 0 aliphatic heterocycles. The van der Waals surface area contributed by atoms with Crippen LogP contribution in [0.1, 0.15) is 70.3 Å². The molecule has 1 aromatic carbocycles. The number of nitrogens with one attached hydrogen (secondary N) is 1. The second-order valence-corrected chi connectivity index (χ2v) is 9.01. The molecule has 150 valence electrons. The van der Waals surface area contributed by atoms with Gasteiger partial charge in [0, 0.05) is 12.1 Å². The normalized spacial score (nSPS) is 19.0. The quantitative estimate of drug-likeness (QED) is 0.458. The maximum Gasteiger partial charge on any atom is 0.262 e. The second-order valence-electron chi connectivity index (χ2n) is 8.07. The predicted molar refractivity (Wildman–Crippen MR) is 114 cm³/mol. The summed E-state index contributed by atoms with van der Waals surface area (Å²) in [5, 5.41) is 4.55. The first kappa shape index (κ1) is 19.5. The van der Waals surface area contributed by atoms with E-state index >= 15 is 0 Å². The van der Waals surface area contributed by atoms with Gasteiger partial charge in [-0.25, -0.2) is 4.98 Å². The molecule has 5 nitrogen and oxygen atoms in total. The predicted octanol–water partition coefficient (Wildman–Crippen LogP) is 4.44. The van der Waals surface area contributed by atoms with Crippen LogP contribution in [0, 0.1) is 0 Å². The Balaban J connectivity index is 1.52. The molecule has 1 amide bonds. The van der Waals surface area contributed by atoms with Gasteiger partial charge in [-0.3, -0.25) is 14.2 Å². The van der Waals surface area contributed by atoms with Gasteiger partial charge >= 0.3 is 0 Å². The van der Waals surface area contributed by atoms with Gasteiger partial charge in [0.1, 0.15) is 0 Å². The van der Waals surface area contributed by atoms with E-state index in [-0.39, 0.29) is 17.5 Å². The molecule has 1 heterocycles. The first-order chi connectivity index (χ1) is 13.7. The molecule has 0 radical (unpaired) electrons. The van der Waals surface area contributed by atoms with Crippen molar-refractivity contribution in [1.82, 2.24) is 14.9 Å². The minimum absolute atomic E-state index is 0.0316. The number of aromatic nitrogens is 2. The lowest BCUT2D eigenvalue weighted by Gasteiger charge is -2.19. The van der Waals surface area contributed by atoms with Crippen molar-refractivity contribution in [3.63, 3.8) is 0 Å². The zero-order chi connectivity index (χ0) is 19.3. The molecule has 1 N–H and O–H groups in total. The first-order valence-corrected chi connectivity index (χ1v) is 11.6. The highest BCUT2D eigenvalue weighted by atomic mass is 32.2. The van der Waals surface area contributed by atoms with Crippen LogP contribution in [0.5, 0.6) is 0 Å². The van der Waals surface area contributed by atoms with Gasteiger partial charge < -0.3 is 5.32 Å². The average molecular weight is 400 g/mol. The van der Waals surface area contributed by atoms with Crippen molar-refractivity contribution in [2.24, 2.45) is 0 Å². The zero-order valence-electron chi connectivity index (χ0n) is 16.4. The number of amides is 1. The Labute approximate surface area is 170 Å². The molecule has 28 heavy (non-hydrogen) atoms. The molecule has 2 aliphatic rings. The van der Waals surface area contributed by atoms with Gasteiger partial charge in [0.05, 0.1) is 16.7 Å². The third-order valence-corrected chi connectivity index (χ3v) is 6.97.